The first kappa shape index (κ1) is 14.6. The summed E-state index contributed by atoms with van der Waals surface area (Å²) < 4.78 is 4.69. The Balaban J connectivity index is 1.44. The molecule has 0 saturated carbocycles. The first-order chi connectivity index (χ1) is 11.6. The van der Waals surface area contributed by atoms with Crippen molar-refractivity contribution >= 4 is 28.7 Å². The van der Waals surface area contributed by atoms with Crippen LogP contribution >= 0.6 is 0 Å². The molecule has 4 rings (SSSR count). The van der Waals surface area contributed by atoms with Gasteiger partial charge in [-0.3, -0.25) is 14.6 Å². The number of pyridine rings is 1. The minimum atomic E-state index is -0.597. The average molecular weight is 325 g/mol. The van der Waals surface area contributed by atoms with Gasteiger partial charge in [0.15, 0.2) is 6.61 Å². The molecule has 0 aliphatic carbocycles. The van der Waals surface area contributed by atoms with Gasteiger partial charge in [0.05, 0.1) is 0 Å². The molecule has 0 spiro atoms. The molecule has 24 heavy (non-hydrogen) atoms. The zero-order valence-electron chi connectivity index (χ0n) is 12.8. The quantitative estimate of drug-likeness (QED) is 0.849. The molecule has 2 saturated heterocycles. The molecule has 7 heteroatoms. The van der Waals surface area contributed by atoms with Crippen molar-refractivity contribution in [2.45, 2.75) is 0 Å². The predicted molar refractivity (Wildman–Crippen MR) is 84.2 cm³/mol. The number of fused-ring (bicyclic) bond motifs is 1. The summed E-state index contributed by atoms with van der Waals surface area (Å²) in [5.74, 6) is -0.364. The number of carbonyl (C=O) groups excluding carboxylic acids is 3. The van der Waals surface area contributed by atoms with Crippen molar-refractivity contribution in [1.29, 1.82) is 0 Å². The lowest BCUT2D eigenvalue weighted by atomic mass is 9.98. The predicted octanol–water partition coefficient (Wildman–Crippen LogP) is 1.29. The van der Waals surface area contributed by atoms with Gasteiger partial charge in [0.2, 0.25) is 0 Å². The highest BCUT2D eigenvalue weighted by Crippen LogP contribution is 2.24. The maximum Gasteiger partial charge on any atom is 0.417 e. The van der Waals surface area contributed by atoms with Gasteiger partial charge in [0.25, 0.3) is 11.8 Å². The van der Waals surface area contributed by atoms with Crippen molar-refractivity contribution in [2.75, 3.05) is 26.2 Å². The number of amides is 3. The van der Waals surface area contributed by atoms with Crippen LogP contribution in [0.4, 0.5) is 4.79 Å². The minimum Gasteiger partial charge on any atom is -0.439 e. The van der Waals surface area contributed by atoms with Gasteiger partial charge >= 0.3 is 6.09 Å². The zero-order chi connectivity index (χ0) is 16.7. The summed E-state index contributed by atoms with van der Waals surface area (Å²) in [6, 6.07) is 9.49. The van der Waals surface area contributed by atoms with Crippen molar-refractivity contribution in [2.24, 2.45) is 5.92 Å². The second-order valence-corrected chi connectivity index (χ2v) is 6.02. The van der Waals surface area contributed by atoms with Crippen LogP contribution in [0.15, 0.2) is 36.5 Å². The molecule has 0 N–H and O–H groups in total. The first-order valence-corrected chi connectivity index (χ1v) is 7.73. The Morgan fingerprint density at radius 1 is 1.21 bits per heavy atom. The number of hydrogen-bond acceptors (Lipinski definition) is 5. The fraction of sp³-hybridized carbons (Fsp3) is 0.294. The van der Waals surface area contributed by atoms with Crippen molar-refractivity contribution in [3.8, 4) is 0 Å². The normalized spacial score (nSPS) is 18.0. The van der Waals surface area contributed by atoms with Crippen LogP contribution in [-0.4, -0.2) is 58.9 Å². The molecule has 1 aromatic heterocycles. The Labute approximate surface area is 137 Å². The number of ether oxygens (including phenoxy) is 1. The monoisotopic (exact) mass is 325 g/mol. The molecule has 0 atom stereocenters. The summed E-state index contributed by atoms with van der Waals surface area (Å²) in [6.45, 7) is 1.11. The van der Waals surface area contributed by atoms with Crippen LogP contribution in [0.3, 0.4) is 0 Å². The van der Waals surface area contributed by atoms with Crippen LogP contribution < -0.4 is 0 Å². The molecule has 2 aromatic rings. The number of cyclic esters (lactones) is 1. The highest BCUT2D eigenvalue weighted by molar-refractivity contribution is 6.05. The van der Waals surface area contributed by atoms with E-state index >= 15 is 0 Å². The SMILES string of the molecule is O=C(c1nccc2ccccc12)N1CC(CN2C(=O)COC2=O)C1. The van der Waals surface area contributed by atoms with E-state index in [4.69, 9.17) is 0 Å². The first-order valence-electron chi connectivity index (χ1n) is 7.73. The Morgan fingerprint density at radius 3 is 2.75 bits per heavy atom. The third-order valence-electron chi connectivity index (χ3n) is 4.40. The summed E-state index contributed by atoms with van der Waals surface area (Å²) in [5, 5.41) is 1.80. The highest BCUT2D eigenvalue weighted by Gasteiger charge is 2.38. The third-order valence-corrected chi connectivity index (χ3v) is 4.40. The molecule has 3 amide bonds. The topological polar surface area (TPSA) is 79.8 Å². The van der Waals surface area contributed by atoms with Crippen LogP contribution in [0.5, 0.6) is 0 Å². The molecule has 122 valence electrons. The number of hydrogen-bond donors (Lipinski definition) is 0. The molecule has 0 radical (unpaired) electrons. The van der Waals surface area contributed by atoms with Gasteiger partial charge in [-0.25, -0.2) is 9.69 Å². The molecule has 7 nitrogen and oxygen atoms in total. The van der Waals surface area contributed by atoms with E-state index in [1.807, 2.05) is 30.3 Å². The van der Waals surface area contributed by atoms with Gasteiger partial charge in [0, 0.05) is 37.1 Å². The van der Waals surface area contributed by atoms with E-state index in [-0.39, 0.29) is 24.3 Å². The smallest absolute Gasteiger partial charge is 0.417 e. The maximum atomic E-state index is 12.6. The summed E-state index contributed by atoms with van der Waals surface area (Å²) in [7, 11) is 0. The Morgan fingerprint density at radius 2 is 2.00 bits per heavy atom. The lowest BCUT2D eigenvalue weighted by Crippen LogP contribution is -2.54. The van der Waals surface area contributed by atoms with E-state index in [2.05, 4.69) is 9.72 Å². The number of likely N-dealkylation sites (tertiary alicyclic amines) is 1. The van der Waals surface area contributed by atoms with Gasteiger partial charge in [0.1, 0.15) is 5.69 Å². The minimum absolute atomic E-state index is 0.0820. The van der Waals surface area contributed by atoms with Gasteiger partial charge in [-0.1, -0.05) is 24.3 Å². The van der Waals surface area contributed by atoms with Crippen LogP contribution in [0.25, 0.3) is 10.8 Å². The Bertz CT molecular complexity index is 823. The second-order valence-electron chi connectivity index (χ2n) is 6.02. The van der Waals surface area contributed by atoms with Crippen molar-refractivity contribution in [1.82, 2.24) is 14.8 Å². The lowest BCUT2D eigenvalue weighted by Gasteiger charge is -2.40. The maximum absolute atomic E-state index is 12.6. The summed E-state index contributed by atoms with van der Waals surface area (Å²) in [4.78, 5) is 42.6. The summed E-state index contributed by atoms with van der Waals surface area (Å²) >= 11 is 0. The number of nitrogens with zero attached hydrogens (tertiary/aromatic N) is 3. The molecule has 1 aromatic carbocycles. The van der Waals surface area contributed by atoms with Crippen LogP contribution in [0, 0.1) is 5.92 Å². The van der Waals surface area contributed by atoms with Crippen molar-refractivity contribution in [3.05, 3.63) is 42.2 Å². The van der Waals surface area contributed by atoms with Crippen molar-refractivity contribution < 1.29 is 19.1 Å². The molecule has 2 aliphatic rings. The molecule has 3 heterocycles. The number of imide groups is 1. The Kier molecular flexibility index (Phi) is 3.41. The molecular formula is C17H15N3O4. The van der Waals surface area contributed by atoms with E-state index in [0.29, 0.717) is 25.3 Å². The number of carbonyl (C=O) groups is 3. The largest absolute Gasteiger partial charge is 0.439 e. The standard InChI is InChI=1S/C17H15N3O4/c21-14-10-24-17(23)20(14)9-11-7-19(8-11)16(22)15-13-4-2-1-3-12(13)5-6-18-15/h1-6,11H,7-10H2. The van der Waals surface area contributed by atoms with E-state index < -0.39 is 6.09 Å². The van der Waals surface area contributed by atoms with Crippen molar-refractivity contribution in [3.63, 3.8) is 0 Å². The number of benzene rings is 1. The number of aromatic nitrogens is 1. The van der Waals surface area contributed by atoms with E-state index in [0.717, 1.165) is 15.7 Å². The lowest BCUT2D eigenvalue weighted by molar-refractivity contribution is -0.126. The number of rotatable bonds is 3. The highest BCUT2D eigenvalue weighted by atomic mass is 16.6. The molecule has 2 aliphatic heterocycles. The fourth-order valence-corrected chi connectivity index (χ4v) is 3.11. The van der Waals surface area contributed by atoms with Crippen LogP contribution in [0.2, 0.25) is 0 Å². The zero-order valence-corrected chi connectivity index (χ0v) is 12.8. The van der Waals surface area contributed by atoms with E-state index in [1.54, 1.807) is 11.1 Å². The van der Waals surface area contributed by atoms with Gasteiger partial charge < -0.3 is 9.64 Å². The average Bonchev–Trinajstić information content (AvgIpc) is 2.88. The molecule has 0 bridgehead atoms. The summed E-state index contributed by atoms with van der Waals surface area (Å²) in [6.07, 6.45) is 1.03. The molecular weight excluding hydrogens is 310 g/mol. The van der Waals surface area contributed by atoms with E-state index in [1.165, 1.54) is 0 Å². The van der Waals surface area contributed by atoms with E-state index in [9.17, 15) is 14.4 Å². The second kappa shape index (κ2) is 5.59. The summed E-state index contributed by atoms with van der Waals surface area (Å²) in [5.41, 5.74) is 0.434. The molecule has 0 unspecified atom stereocenters. The van der Waals surface area contributed by atoms with Crippen LogP contribution in [-0.2, 0) is 9.53 Å². The van der Waals surface area contributed by atoms with Gasteiger partial charge in [-0.05, 0) is 11.5 Å². The fourth-order valence-electron chi connectivity index (χ4n) is 3.11. The molecule has 2 fully saturated rings. The van der Waals surface area contributed by atoms with Gasteiger partial charge in [-0.2, -0.15) is 0 Å². The Hall–Kier alpha value is -2.96. The van der Waals surface area contributed by atoms with Gasteiger partial charge in [-0.15, -0.1) is 0 Å². The van der Waals surface area contributed by atoms with Crippen LogP contribution in [0.1, 0.15) is 10.5 Å². The third kappa shape index (κ3) is 2.38.